The second-order valence-electron chi connectivity index (χ2n) is 4.62. The van der Waals surface area contributed by atoms with Gasteiger partial charge in [-0.25, -0.2) is 9.97 Å². The molecule has 0 saturated carbocycles. The molecule has 2 N–H and O–H groups in total. The summed E-state index contributed by atoms with van der Waals surface area (Å²) in [6.45, 7) is 0.877. The van der Waals surface area contributed by atoms with Crippen molar-refractivity contribution in [2.45, 2.75) is 6.54 Å². The lowest BCUT2D eigenvalue weighted by molar-refractivity contribution is 0.174. The third kappa shape index (κ3) is 1.75. The first-order chi connectivity index (χ1) is 9.79. The van der Waals surface area contributed by atoms with E-state index in [4.69, 9.17) is 9.47 Å². The second kappa shape index (κ2) is 4.16. The summed E-state index contributed by atoms with van der Waals surface area (Å²) in [4.78, 5) is 11.9. The Bertz CT molecular complexity index is 735. The van der Waals surface area contributed by atoms with Crippen LogP contribution in [0.5, 0.6) is 11.5 Å². The zero-order valence-electron chi connectivity index (χ0n) is 10.9. The molecule has 0 spiro atoms. The average Bonchev–Trinajstić information content (AvgIpc) is 3.12. The van der Waals surface area contributed by atoms with Crippen LogP contribution in [0.1, 0.15) is 5.82 Å². The molecule has 1 aromatic carbocycles. The van der Waals surface area contributed by atoms with E-state index in [0.717, 1.165) is 28.4 Å². The van der Waals surface area contributed by atoms with E-state index in [0.29, 0.717) is 12.5 Å². The fourth-order valence-electron chi connectivity index (χ4n) is 2.21. The highest BCUT2D eigenvalue weighted by Crippen LogP contribution is 2.35. The topological polar surface area (TPSA) is 77.0 Å². The molecule has 0 fully saturated rings. The van der Waals surface area contributed by atoms with Crippen LogP contribution in [0.15, 0.2) is 24.5 Å². The molecule has 4 rings (SSSR count). The largest absolute Gasteiger partial charge is 0.454 e. The van der Waals surface area contributed by atoms with Crippen molar-refractivity contribution in [2.24, 2.45) is 7.05 Å². The number of H-pyrrole nitrogens is 1. The van der Waals surface area contributed by atoms with Crippen LogP contribution in [0.2, 0.25) is 0 Å². The van der Waals surface area contributed by atoms with Gasteiger partial charge in [-0.1, -0.05) is 0 Å². The minimum Gasteiger partial charge on any atom is -0.454 e. The first-order valence-corrected chi connectivity index (χ1v) is 6.29. The average molecular weight is 271 g/mol. The molecule has 102 valence electrons. The summed E-state index contributed by atoms with van der Waals surface area (Å²) in [6, 6.07) is 3.77. The Labute approximate surface area is 114 Å². The molecular formula is C13H13N5O2. The Morgan fingerprint density at radius 1 is 1.35 bits per heavy atom. The number of ether oxygens (including phenoxy) is 2. The maximum Gasteiger partial charge on any atom is 0.231 e. The molecule has 0 unspecified atom stereocenters. The van der Waals surface area contributed by atoms with Crippen molar-refractivity contribution in [3.05, 3.63) is 30.4 Å². The molecule has 3 heterocycles. The van der Waals surface area contributed by atoms with Crippen LogP contribution in [0.25, 0.3) is 11.0 Å². The summed E-state index contributed by atoms with van der Waals surface area (Å²) in [5.74, 6) is 3.13. The van der Waals surface area contributed by atoms with E-state index in [9.17, 15) is 0 Å². The van der Waals surface area contributed by atoms with Crippen LogP contribution in [-0.4, -0.2) is 26.3 Å². The summed E-state index contributed by atoms with van der Waals surface area (Å²) < 4.78 is 12.7. The van der Waals surface area contributed by atoms with Crippen LogP contribution in [0.3, 0.4) is 0 Å². The summed E-state index contributed by atoms with van der Waals surface area (Å²) in [5, 5.41) is 3.22. The fourth-order valence-corrected chi connectivity index (χ4v) is 2.21. The third-order valence-corrected chi connectivity index (χ3v) is 3.31. The van der Waals surface area contributed by atoms with E-state index in [2.05, 4.69) is 20.3 Å². The van der Waals surface area contributed by atoms with Gasteiger partial charge in [-0.05, 0) is 0 Å². The number of nitrogens with one attached hydrogen (secondary N) is 2. The Balaban J connectivity index is 1.60. The molecular weight excluding hydrogens is 258 g/mol. The molecule has 0 amide bonds. The number of fused-ring (bicyclic) bond motifs is 2. The van der Waals surface area contributed by atoms with Crippen molar-refractivity contribution in [1.82, 2.24) is 19.5 Å². The van der Waals surface area contributed by atoms with Crippen LogP contribution in [0.4, 0.5) is 5.95 Å². The third-order valence-electron chi connectivity index (χ3n) is 3.31. The summed E-state index contributed by atoms with van der Waals surface area (Å²) in [6.07, 6.45) is 3.68. The second-order valence-corrected chi connectivity index (χ2v) is 4.62. The number of aryl methyl sites for hydroxylation is 1. The Kier molecular flexibility index (Phi) is 2.32. The van der Waals surface area contributed by atoms with Crippen molar-refractivity contribution in [3.63, 3.8) is 0 Å². The highest BCUT2D eigenvalue weighted by Gasteiger charge is 2.16. The van der Waals surface area contributed by atoms with Crippen LogP contribution in [-0.2, 0) is 13.6 Å². The lowest BCUT2D eigenvalue weighted by Crippen LogP contribution is -2.06. The van der Waals surface area contributed by atoms with E-state index in [1.54, 1.807) is 6.20 Å². The van der Waals surface area contributed by atoms with Gasteiger partial charge < -0.3 is 24.3 Å². The molecule has 7 heteroatoms. The highest BCUT2D eigenvalue weighted by molar-refractivity contribution is 5.81. The quantitative estimate of drug-likeness (QED) is 0.757. The van der Waals surface area contributed by atoms with E-state index < -0.39 is 0 Å². The standard InChI is InChI=1S/C13H13N5O2/c1-18-3-2-14-12(18)6-15-13-16-8-4-10-11(20-7-19-10)5-9(8)17-13/h2-5H,6-7H2,1H3,(H2,15,16,17). The molecule has 7 nitrogen and oxygen atoms in total. The number of hydrogen-bond donors (Lipinski definition) is 2. The van der Waals surface area contributed by atoms with Gasteiger partial charge >= 0.3 is 0 Å². The molecule has 2 aromatic heterocycles. The molecule has 20 heavy (non-hydrogen) atoms. The maximum absolute atomic E-state index is 5.35. The van der Waals surface area contributed by atoms with Crippen molar-refractivity contribution >= 4 is 17.0 Å². The number of nitrogens with zero attached hydrogens (tertiary/aromatic N) is 3. The van der Waals surface area contributed by atoms with Gasteiger partial charge in [0.15, 0.2) is 11.5 Å². The minimum absolute atomic E-state index is 0.270. The molecule has 0 radical (unpaired) electrons. The van der Waals surface area contributed by atoms with E-state index in [1.165, 1.54) is 0 Å². The molecule has 1 aliphatic rings. The van der Waals surface area contributed by atoms with Gasteiger partial charge in [0.05, 0.1) is 17.6 Å². The Morgan fingerprint density at radius 2 is 2.20 bits per heavy atom. The number of rotatable bonds is 3. The van der Waals surface area contributed by atoms with E-state index in [-0.39, 0.29) is 6.79 Å². The van der Waals surface area contributed by atoms with Gasteiger partial charge in [-0.2, -0.15) is 0 Å². The fraction of sp³-hybridized carbons (Fsp3) is 0.231. The Morgan fingerprint density at radius 3 is 3.00 bits per heavy atom. The monoisotopic (exact) mass is 271 g/mol. The molecule has 0 bridgehead atoms. The number of benzene rings is 1. The van der Waals surface area contributed by atoms with Crippen LogP contribution < -0.4 is 14.8 Å². The predicted octanol–water partition coefficient (Wildman–Crippen LogP) is 1.64. The van der Waals surface area contributed by atoms with Gasteiger partial charge in [0.2, 0.25) is 12.7 Å². The first-order valence-electron chi connectivity index (χ1n) is 6.29. The predicted molar refractivity (Wildman–Crippen MR) is 72.8 cm³/mol. The molecule has 0 atom stereocenters. The van der Waals surface area contributed by atoms with Crippen molar-refractivity contribution in [1.29, 1.82) is 0 Å². The lowest BCUT2D eigenvalue weighted by Gasteiger charge is -2.02. The maximum atomic E-state index is 5.35. The summed E-state index contributed by atoms with van der Waals surface area (Å²) >= 11 is 0. The zero-order chi connectivity index (χ0) is 13.5. The number of hydrogen-bond acceptors (Lipinski definition) is 5. The van der Waals surface area contributed by atoms with Gasteiger partial charge in [-0.3, -0.25) is 0 Å². The van der Waals surface area contributed by atoms with Crippen molar-refractivity contribution < 1.29 is 9.47 Å². The SMILES string of the molecule is Cn1ccnc1CNc1nc2cc3c(cc2[nH]1)OCO3. The van der Waals surface area contributed by atoms with Crippen LogP contribution in [0, 0.1) is 0 Å². The number of imidazole rings is 2. The minimum atomic E-state index is 0.270. The van der Waals surface area contributed by atoms with Gasteiger partial charge in [0.25, 0.3) is 0 Å². The summed E-state index contributed by atoms with van der Waals surface area (Å²) in [7, 11) is 1.96. The summed E-state index contributed by atoms with van der Waals surface area (Å²) in [5.41, 5.74) is 1.76. The highest BCUT2D eigenvalue weighted by atomic mass is 16.7. The molecule has 0 saturated heterocycles. The lowest BCUT2D eigenvalue weighted by atomic mass is 10.3. The molecule has 1 aliphatic heterocycles. The zero-order valence-corrected chi connectivity index (χ0v) is 10.9. The smallest absolute Gasteiger partial charge is 0.231 e. The number of aromatic nitrogens is 4. The normalized spacial score (nSPS) is 13.1. The number of anilines is 1. The van der Waals surface area contributed by atoms with Gasteiger partial charge in [0.1, 0.15) is 5.82 Å². The van der Waals surface area contributed by atoms with Gasteiger partial charge in [-0.15, -0.1) is 0 Å². The first kappa shape index (κ1) is 11.2. The van der Waals surface area contributed by atoms with Crippen LogP contribution >= 0.6 is 0 Å². The van der Waals surface area contributed by atoms with Crippen molar-refractivity contribution in [3.8, 4) is 11.5 Å². The Hall–Kier alpha value is -2.70. The van der Waals surface area contributed by atoms with Gasteiger partial charge in [0, 0.05) is 31.6 Å². The van der Waals surface area contributed by atoms with Crippen molar-refractivity contribution in [2.75, 3.05) is 12.1 Å². The molecule has 0 aliphatic carbocycles. The number of aromatic amines is 1. The van der Waals surface area contributed by atoms with E-state index in [1.807, 2.05) is 29.9 Å². The van der Waals surface area contributed by atoms with E-state index >= 15 is 0 Å². The molecule has 3 aromatic rings.